The highest BCUT2D eigenvalue weighted by atomic mass is 35.5. The van der Waals surface area contributed by atoms with Gasteiger partial charge in [0.25, 0.3) is 0 Å². The maximum Gasteiger partial charge on any atom is 0.223 e. The molecule has 1 aromatic carbocycles. The predicted molar refractivity (Wildman–Crippen MR) is 94.8 cm³/mol. The standard InChI is InChI=1S/C17H25ClN2O.ClH/c1-12-10-13(8-9-19-12)16(21)20-17(2,3)11-14-6-4-5-7-15(14)18;/h4-7,12-13,19H,8-11H2,1-3H3,(H,20,21);1H/t12-,13-;/m0./s1. The summed E-state index contributed by atoms with van der Waals surface area (Å²) in [7, 11) is 0. The van der Waals surface area contributed by atoms with E-state index in [9.17, 15) is 4.79 Å². The smallest absolute Gasteiger partial charge is 0.223 e. The molecular formula is C17H26Cl2N2O. The number of hydrogen-bond acceptors (Lipinski definition) is 2. The van der Waals surface area contributed by atoms with Gasteiger partial charge < -0.3 is 10.6 Å². The van der Waals surface area contributed by atoms with Crippen LogP contribution in [0.15, 0.2) is 24.3 Å². The van der Waals surface area contributed by atoms with E-state index < -0.39 is 0 Å². The van der Waals surface area contributed by atoms with Gasteiger partial charge in [0.2, 0.25) is 5.91 Å². The van der Waals surface area contributed by atoms with Crippen LogP contribution in [0.1, 0.15) is 39.2 Å². The molecule has 0 spiro atoms. The second kappa shape index (κ2) is 8.19. The molecule has 0 saturated carbocycles. The van der Waals surface area contributed by atoms with Gasteiger partial charge >= 0.3 is 0 Å². The molecule has 0 radical (unpaired) electrons. The van der Waals surface area contributed by atoms with Crippen LogP contribution in [0, 0.1) is 5.92 Å². The van der Waals surface area contributed by atoms with Crippen molar-refractivity contribution in [2.24, 2.45) is 5.92 Å². The summed E-state index contributed by atoms with van der Waals surface area (Å²) in [4.78, 5) is 12.5. The lowest BCUT2D eigenvalue weighted by atomic mass is 9.89. The molecule has 1 aliphatic rings. The van der Waals surface area contributed by atoms with Crippen LogP contribution in [-0.2, 0) is 11.2 Å². The molecule has 2 atom stereocenters. The number of hydrogen-bond donors (Lipinski definition) is 2. The highest BCUT2D eigenvalue weighted by Crippen LogP contribution is 2.22. The summed E-state index contributed by atoms with van der Waals surface area (Å²) in [6.45, 7) is 7.16. The quantitative estimate of drug-likeness (QED) is 0.876. The molecule has 1 saturated heterocycles. The number of halogens is 2. The van der Waals surface area contributed by atoms with E-state index in [1.54, 1.807) is 0 Å². The maximum atomic E-state index is 12.5. The van der Waals surface area contributed by atoms with Gasteiger partial charge in [-0.2, -0.15) is 0 Å². The molecule has 1 amide bonds. The minimum atomic E-state index is -0.295. The van der Waals surface area contributed by atoms with Crippen molar-refractivity contribution in [3.63, 3.8) is 0 Å². The molecule has 2 N–H and O–H groups in total. The summed E-state index contributed by atoms with van der Waals surface area (Å²) >= 11 is 6.21. The van der Waals surface area contributed by atoms with Crippen LogP contribution >= 0.6 is 24.0 Å². The Morgan fingerprint density at radius 3 is 2.73 bits per heavy atom. The van der Waals surface area contributed by atoms with Crippen molar-refractivity contribution in [1.82, 2.24) is 10.6 Å². The van der Waals surface area contributed by atoms with Gasteiger partial charge in [-0.3, -0.25) is 4.79 Å². The van der Waals surface area contributed by atoms with Crippen molar-refractivity contribution in [2.45, 2.75) is 51.6 Å². The van der Waals surface area contributed by atoms with Crippen LogP contribution in [0.2, 0.25) is 5.02 Å². The van der Waals surface area contributed by atoms with Gasteiger partial charge in [-0.25, -0.2) is 0 Å². The Labute approximate surface area is 144 Å². The molecule has 0 unspecified atom stereocenters. The second-order valence-corrected chi connectivity index (χ2v) is 7.12. The lowest BCUT2D eigenvalue weighted by Gasteiger charge is -2.32. The number of benzene rings is 1. The average Bonchev–Trinajstić information content (AvgIpc) is 2.40. The van der Waals surface area contributed by atoms with Gasteiger partial charge in [-0.1, -0.05) is 29.8 Å². The molecule has 5 heteroatoms. The van der Waals surface area contributed by atoms with Crippen molar-refractivity contribution in [1.29, 1.82) is 0 Å². The topological polar surface area (TPSA) is 41.1 Å². The Hall–Kier alpha value is -0.770. The predicted octanol–water partition coefficient (Wildman–Crippen LogP) is 3.59. The van der Waals surface area contributed by atoms with Gasteiger partial charge in [0, 0.05) is 22.5 Å². The first-order chi connectivity index (χ1) is 9.87. The van der Waals surface area contributed by atoms with E-state index in [0.717, 1.165) is 36.4 Å². The molecule has 3 nitrogen and oxygen atoms in total. The molecule has 0 aromatic heterocycles. The Balaban J connectivity index is 0.00000242. The molecule has 22 heavy (non-hydrogen) atoms. The number of rotatable bonds is 4. The van der Waals surface area contributed by atoms with E-state index in [4.69, 9.17) is 11.6 Å². The summed E-state index contributed by atoms with van der Waals surface area (Å²) < 4.78 is 0. The van der Waals surface area contributed by atoms with Gasteiger partial charge in [0.15, 0.2) is 0 Å². The van der Waals surface area contributed by atoms with Crippen LogP contribution in [0.4, 0.5) is 0 Å². The molecule has 2 rings (SSSR count). The van der Waals surface area contributed by atoms with E-state index in [1.165, 1.54) is 0 Å². The Morgan fingerprint density at radius 2 is 2.09 bits per heavy atom. The third-order valence-electron chi connectivity index (χ3n) is 4.05. The van der Waals surface area contributed by atoms with Crippen LogP contribution in [0.3, 0.4) is 0 Å². The average molecular weight is 345 g/mol. The maximum absolute atomic E-state index is 12.5. The number of carbonyl (C=O) groups excluding carboxylic acids is 1. The lowest BCUT2D eigenvalue weighted by Crippen LogP contribution is -2.50. The fourth-order valence-corrected chi connectivity index (χ4v) is 3.17. The summed E-state index contributed by atoms with van der Waals surface area (Å²) in [5.41, 5.74) is 0.777. The van der Waals surface area contributed by atoms with Gasteiger partial charge in [-0.05, 0) is 58.2 Å². The zero-order valence-electron chi connectivity index (χ0n) is 13.5. The van der Waals surface area contributed by atoms with Crippen molar-refractivity contribution in [2.75, 3.05) is 6.54 Å². The number of nitrogens with one attached hydrogen (secondary N) is 2. The van der Waals surface area contributed by atoms with E-state index in [1.807, 2.05) is 24.3 Å². The van der Waals surface area contributed by atoms with Gasteiger partial charge in [-0.15, -0.1) is 12.4 Å². The van der Waals surface area contributed by atoms with Crippen molar-refractivity contribution < 1.29 is 4.79 Å². The first-order valence-corrected chi connectivity index (χ1v) is 8.04. The molecule has 1 fully saturated rings. The van der Waals surface area contributed by atoms with Crippen LogP contribution in [-0.4, -0.2) is 24.0 Å². The monoisotopic (exact) mass is 344 g/mol. The van der Waals surface area contributed by atoms with E-state index in [-0.39, 0.29) is 29.8 Å². The molecule has 1 heterocycles. The van der Waals surface area contributed by atoms with E-state index >= 15 is 0 Å². The second-order valence-electron chi connectivity index (χ2n) is 6.72. The molecule has 1 aliphatic heterocycles. The first-order valence-electron chi connectivity index (χ1n) is 7.66. The fourth-order valence-electron chi connectivity index (χ4n) is 2.97. The minimum Gasteiger partial charge on any atom is -0.351 e. The fraction of sp³-hybridized carbons (Fsp3) is 0.588. The van der Waals surface area contributed by atoms with Crippen LogP contribution < -0.4 is 10.6 Å². The highest BCUT2D eigenvalue weighted by molar-refractivity contribution is 6.31. The van der Waals surface area contributed by atoms with E-state index in [0.29, 0.717) is 6.04 Å². The number of carbonyl (C=O) groups is 1. The van der Waals surface area contributed by atoms with Crippen LogP contribution in [0.5, 0.6) is 0 Å². The number of amides is 1. The largest absolute Gasteiger partial charge is 0.351 e. The SMILES string of the molecule is C[C@H]1C[C@@H](C(=O)NC(C)(C)Cc2ccccc2Cl)CCN1.Cl. The molecular weight excluding hydrogens is 319 g/mol. The van der Waals surface area contributed by atoms with E-state index in [2.05, 4.69) is 31.4 Å². The normalized spacial score (nSPS) is 21.8. The third-order valence-corrected chi connectivity index (χ3v) is 4.42. The highest BCUT2D eigenvalue weighted by Gasteiger charge is 2.29. The van der Waals surface area contributed by atoms with Crippen LogP contribution in [0.25, 0.3) is 0 Å². The number of piperidine rings is 1. The zero-order valence-corrected chi connectivity index (χ0v) is 15.1. The van der Waals surface area contributed by atoms with Gasteiger partial charge in [0.05, 0.1) is 0 Å². The Morgan fingerprint density at radius 1 is 1.41 bits per heavy atom. The van der Waals surface area contributed by atoms with Gasteiger partial charge in [0.1, 0.15) is 0 Å². The Kier molecular flexibility index (Phi) is 7.17. The van der Waals surface area contributed by atoms with Crippen molar-refractivity contribution in [3.8, 4) is 0 Å². The van der Waals surface area contributed by atoms with Crippen molar-refractivity contribution >= 4 is 29.9 Å². The molecule has 124 valence electrons. The third kappa shape index (κ3) is 5.45. The Bertz CT molecular complexity index is 505. The molecule has 0 aliphatic carbocycles. The minimum absolute atomic E-state index is 0. The van der Waals surface area contributed by atoms with Crippen molar-refractivity contribution in [3.05, 3.63) is 34.9 Å². The summed E-state index contributed by atoms with van der Waals surface area (Å²) in [6.07, 6.45) is 2.56. The molecule has 0 bridgehead atoms. The summed E-state index contributed by atoms with van der Waals surface area (Å²) in [5, 5.41) is 7.34. The molecule has 1 aromatic rings. The summed E-state index contributed by atoms with van der Waals surface area (Å²) in [6, 6.07) is 8.23. The lowest BCUT2D eigenvalue weighted by molar-refractivity contribution is -0.127. The summed E-state index contributed by atoms with van der Waals surface area (Å²) in [5.74, 6) is 0.284. The first kappa shape index (κ1) is 19.3. The zero-order chi connectivity index (χ0) is 15.5.